The molecule has 0 aliphatic carbocycles. The van der Waals surface area contributed by atoms with E-state index >= 15 is 0 Å². The van der Waals surface area contributed by atoms with Gasteiger partial charge >= 0.3 is 11.8 Å². The number of nitrogens with zero attached hydrogens (tertiary/aromatic N) is 2. The molecule has 13 heteroatoms. The molecule has 0 spiro atoms. The van der Waals surface area contributed by atoms with Crippen molar-refractivity contribution in [3.05, 3.63) is 34.2 Å². The first kappa shape index (κ1) is 28.9. The summed E-state index contributed by atoms with van der Waals surface area (Å²) < 4.78 is 24.3. The number of benzene rings is 1. The lowest BCUT2D eigenvalue weighted by Gasteiger charge is -2.21. The third kappa shape index (κ3) is 8.42. The molecule has 206 valence electrons. The number of nitrogens with one attached hydrogen (secondary N) is 2. The molecule has 1 unspecified atom stereocenters. The number of hydrogen-bond donors (Lipinski definition) is 3. The lowest BCUT2D eigenvalue weighted by molar-refractivity contribution is -0.135. The molecular weight excluding hydrogens is 500 g/mol. The third-order valence-corrected chi connectivity index (χ3v) is 5.66. The summed E-state index contributed by atoms with van der Waals surface area (Å²) in [4.78, 5) is 46.8. The quantitative estimate of drug-likeness (QED) is 0.173. The van der Waals surface area contributed by atoms with Crippen molar-refractivity contribution in [3.8, 4) is 11.8 Å². The van der Waals surface area contributed by atoms with E-state index in [9.17, 15) is 19.2 Å². The largest absolute Gasteiger partial charge is 0.465 e. The zero-order valence-corrected chi connectivity index (χ0v) is 21.2. The second-order valence-corrected chi connectivity index (χ2v) is 8.31. The fourth-order valence-electron chi connectivity index (χ4n) is 3.82. The summed E-state index contributed by atoms with van der Waals surface area (Å²) >= 11 is 0. The predicted molar refractivity (Wildman–Crippen MR) is 135 cm³/mol. The number of piperidine rings is 1. The molecule has 0 radical (unpaired) electrons. The number of hydrogen-bond acceptors (Lipinski definition) is 8. The molecule has 13 nitrogen and oxygen atoms in total. The third-order valence-electron chi connectivity index (χ3n) is 5.66. The van der Waals surface area contributed by atoms with Crippen LogP contribution in [0.15, 0.2) is 23.0 Å². The topological polar surface area (TPSA) is 159 Å². The fraction of sp³-hybridized carbons (Fsp3) is 0.520. The molecule has 38 heavy (non-hydrogen) atoms. The Hall–Kier alpha value is -3.70. The van der Waals surface area contributed by atoms with Crippen LogP contribution in [-0.2, 0) is 35.6 Å². The summed E-state index contributed by atoms with van der Waals surface area (Å²) in [5.74, 6) is 5.14. The van der Waals surface area contributed by atoms with Gasteiger partial charge in [-0.1, -0.05) is 11.8 Å². The minimum absolute atomic E-state index is 0.189. The SMILES string of the molecule is Cn1c(=O)n(C2CCC(=O)NC2=O)c2ccc(C#CCOCCOCCOCCOCCNC(=O)O)cc21. The summed E-state index contributed by atoms with van der Waals surface area (Å²) in [6.45, 7) is 3.09. The monoisotopic (exact) mass is 532 g/mol. The first-order valence-electron chi connectivity index (χ1n) is 12.2. The van der Waals surface area contributed by atoms with Gasteiger partial charge in [-0.25, -0.2) is 9.59 Å². The Bertz CT molecular complexity index is 1240. The average Bonchev–Trinajstić information content (AvgIpc) is 3.13. The van der Waals surface area contributed by atoms with Crippen LogP contribution in [0.4, 0.5) is 4.79 Å². The molecule has 1 fully saturated rings. The molecule has 1 atom stereocenters. The number of rotatable bonds is 14. The van der Waals surface area contributed by atoms with Gasteiger partial charge < -0.3 is 29.4 Å². The molecule has 3 amide bonds. The van der Waals surface area contributed by atoms with Crippen molar-refractivity contribution in [1.29, 1.82) is 0 Å². The summed E-state index contributed by atoms with van der Waals surface area (Å²) in [6, 6.07) is 4.59. The predicted octanol–water partition coefficient (Wildman–Crippen LogP) is 0.00320. The second-order valence-electron chi connectivity index (χ2n) is 8.31. The Morgan fingerprint density at radius 1 is 1.03 bits per heavy atom. The van der Waals surface area contributed by atoms with Crippen molar-refractivity contribution in [2.75, 3.05) is 59.4 Å². The Morgan fingerprint density at radius 2 is 1.68 bits per heavy atom. The highest BCUT2D eigenvalue weighted by Crippen LogP contribution is 2.23. The van der Waals surface area contributed by atoms with E-state index in [2.05, 4.69) is 22.5 Å². The number of carbonyl (C=O) groups is 3. The standard InChI is InChI=1S/C25H32N4O9/c1-28-21-17-18(4-5-19(21)29(25(28)34)20-6-7-22(30)27-23(20)31)3-2-9-35-11-13-37-15-16-38-14-12-36-10-8-26-24(32)33/h4-5,17,20,26H,6-16H2,1H3,(H,32,33)(H,27,30,31). The molecule has 1 aromatic heterocycles. The number of imidazole rings is 1. The van der Waals surface area contributed by atoms with Crippen molar-refractivity contribution >= 4 is 28.9 Å². The van der Waals surface area contributed by atoms with Gasteiger partial charge in [-0.3, -0.25) is 24.0 Å². The minimum Gasteiger partial charge on any atom is -0.465 e. The average molecular weight is 533 g/mol. The lowest BCUT2D eigenvalue weighted by Crippen LogP contribution is -2.44. The van der Waals surface area contributed by atoms with Crippen molar-refractivity contribution < 1.29 is 38.4 Å². The smallest absolute Gasteiger partial charge is 0.404 e. The number of amides is 3. The van der Waals surface area contributed by atoms with Crippen LogP contribution in [0.25, 0.3) is 11.0 Å². The summed E-state index contributed by atoms with van der Waals surface area (Å²) in [5.41, 5.74) is 1.63. The van der Waals surface area contributed by atoms with Crippen LogP contribution >= 0.6 is 0 Å². The summed E-state index contributed by atoms with van der Waals surface area (Å²) in [5, 5.41) is 12.9. The van der Waals surface area contributed by atoms with Gasteiger partial charge in [0.1, 0.15) is 12.6 Å². The van der Waals surface area contributed by atoms with Gasteiger partial charge in [0.15, 0.2) is 0 Å². The summed E-state index contributed by atoms with van der Waals surface area (Å²) in [7, 11) is 1.63. The van der Waals surface area contributed by atoms with Crippen LogP contribution < -0.4 is 16.3 Å². The van der Waals surface area contributed by atoms with E-state index in [-0.39, 0.29) is 37.6 Å². The first-order valence-corrected chi connectivity index (χ1v) is 12.2. The zero-order chi connectivity index (χ0) is 27.3. The van der Waals surface area contributed by atoms with E-state index in [1.54, 1.807) is 25.2 Å². The molecule has 1 aliphatic rings. The number of ether oxygens (including phenoxy) is 4. The molecule has 3 N–H and O–H groups in total. The number of imide groups is 1. The maximum Gasteiger partial charge on any atom is 0.404 e. The van der Waals surface area contributed by atoms with E-state index in [4.69, 9.17) is 24.1 Å². The second kappa shape index (κ2) is 14.9. The molecule has 2 heterocycles. The number of aromatic nitrogens is 2. The Kier molecular flexibility index (Phi) is 11.3. The normalized spacial score (nSPS) is 15.2. The minimum atomic E-state index is -1.08. The molecule has 0 saturated carbocycles. The number of fused-ring (bicyclic) bond motifs is 1. The van der Waals surface area contributed by atoms with Crippen LogP contribution in [-0.4, -0.2) is 91.5 Å². The molecule has 1 aliphatic heterocycles. The zero-order valence-electron chi connectivity index (χ0n) is 21.2. The van der Waals surface area contributed by atoms with Gasteiger partial charge in [-0.05, 0) is 24.6 Å². The number of aryl methyl sites for hydroxylation is 1. The molecule has 0 bridgehead atoms. The highest BCUT2D eigenvalue weighted by Gasteiger charge is 2.31. The van der Waals surface area contributed by atoms with Crippen LogP contribution in [0, 0.1) is 11.8 Å². The lowest BCUT2D eigenvalue weighted by atomic mass is 10.1. The van der Waals surface area contributed by atoms with Crippen molar-refractivity contribution in [1.82, 2.24) is 19.8 Å². The number of carbonyl (C=O) groups excluding carboxylic acids is 2. The van der Waals surface area contributed by atoms with E-state index in [1.807, 2.05) is 0 Å². The van der Waals surface area contributed by atoms with E-state index in [1.165, 1.54) is 9.13 Å². The van der Waals surface area contributed by atoms with Gasteiger partial charge in [0, 0.05) is 25.6 Å². The van der Waals surface area contributed by atoms with Gasteiger partial charge in [-0.15, -0.1) is 0 Å². The highest BCUT2D eigenvalue weighted by molar-refractivity contribution is 6.00. The Morgan fingerprint density at radius 3 is 2.34 bits per heavy atom. The molecule has 1 aromatic carbocycles. The van der Waals surface area contributed by atoms with Gasteiger partial charge in [0.25, 0.3) is 0 Å². The van der Waals surface area contributed by atoms with Crippen LogP contribution in [0.1, 0.15) is 24.4 Å². The van der Waals surface area contributed by atoms with Crippen molar-refractivity contribution in [2.24, 2.45) is 7.05 Å². The maximum absolute atomic E-state index is 12.8. The maximum atomic E-state index is 12.8. The van der Waals surface area contributed by atoms with Crippen molar-refractivity contribution in [2.45, 2.75) is 18.9 Å². The molecule has 2 aromatic rings. The Labute approximate surface area is 219 Å². The summed E-state index contributed by atoms with van der Waals surface area (Å²) in [6.07, 6.45) is -0.608. The van der Waals surface area contributed by atoms with Gasteiger partial charge in [0.05, 0.1) is 57.3 Å². The van der Waals surface area contributed by atoms with Gasteiger partial charge in [0.2, 0.25) is 11.8 Å². The van der Waals surface area contributed by atoms with Gasteiger partial charge in [-0.2, -0.15) is 0 Å². The highest BCUT2D eigenvalue weighted by atomic mass is 16.6. The molecule has 1 saturated heterocycles. The molecule has 3 rings (SSSR count). The van der Waals surface area contributed by atoms with Crippen LogP contribution in [0.5, 0.6) is 0 Å². The first-order chi connectivity index (χ1) is 18.4. The fourth-order valence-corrected chi connectivity index (χ4v) is 3.82. The van der Waals surface area contributed by atoms with E-state index < -0.39 is 18.0 Å². The number of carboxylic acid groups (broad SMARTS) is 1. The van der Waals surface area contributed by atoms with Crippen molar-refractivity contribution in [3.63, 3.8) is 0 Å². The molecular formula is C25H32N4O9. The van der Waals surface area contributed by atoms with Crippen LogP contribution in [0.3, 0.4) is 0 Å². The van der Waals surface area contributed by atoms with E-state index in [0.717, 1.165) is 0 Å². The van der Waals surface area contributed by atoms with E-state index in [0.29, 0.717) is 62.8 Å². The Balaban J connectivity index is 1.33. The van der Waals surface area contributed by atoms with Crippen LogP contribution in [0.2, 0.25) is 0 Å².